The van der Waals surface area contributed by atoms with Crippen molar-refractivity contribution in [3.05, 3.63) is 0 Å². The SMILES string of the molecule is CC(C)C(N)C(=O)O.NC(=O)NCCCC(N)C(=O)O.NC(CCC(=O)O)C(=O)O.NCC(=O)O. The molecule has 206 valence electrons. The summed E-state index contributed by atoms with van der Waals surface area (Å²) in [6, 6.07) is -3.25. The van der Waals surface area contributed by atoms with E-state index in [1.54, 1.807) is 13.8 Å². The summed E-state index contributed by atoms with van der Waals surface area (Å²) in [5.74, 6) is -5.11. The molecular weight excluding hydrogens is 476 g/mol. The van der Waals surface area contributed by atoms with Crippen LogP contribution in [0.1, 0.15) is 39.5 Å². The van der Waals surface area contributed by atoms with Crippen LogP contribution in [0.2, 0.25) is 0 Å². The van der Waals surface area contributed by atoms with Crippen LogP contribution < -0.4 is 34.0 Å². The minimum absolute atomic E-state index is 0.0208. The molecule has 0 aliphatic carbocycles. The lowest BCUT2D eigenvalue weighted by Gasteiger charge is -2.07. The molecule has 0 spiro atoms. The molecule has 3 atom stereocenters. The van der Waals surface area contributed by atoms with E-state index < -0.39 is 54.0 Å². The van der Waals surface area contributed by atoms with Crippen LogP contribution in [0, 0.1) is 5.92 Å². The Morgan fingerprint density at radius 1 is 0.743 bits per heavy atom. The Morgan fingerprint density at radius 2 is 1.14 bits per heavy atom. The zero-order valence-electron chi connectivity index (χ0n) is 19.6. The maximum atomic E-state index is 10.2. The number of carbonyl (C=O) groups excluding carboxylic acids is 1. The fraction of sp³-hybridized carbons (Fsp3) is 0.667. The van der Waals surface area contributed by atoms with Gasteiger partial charge < -0.3 is 59.5 Å². The van der Waals surface area contributed by atoms with E-state index >= 15 is 0 Å². The molecule has 2 amide bonds. The van der Waals surface area contributed by atoms with Crippen molar-refractivity contribution in [3.8, 4) is 0 Å². The number of hydrogen-bond donors (Lipinski definition) is 11. The number of rotatable bonds is 12. The summed E-state index contributed by atoms with van der Waals surface area (Å²) in [7, 11) is 0. The molecular formula is C18H38N6O11. The third-order valence-electron chi connectivity index (χ3n) is 3.47. The minimum atomic E-state index is -1.17. The Bertz CT molecular complexity index is 661. The van der Waals surface area contributed by atoms with Gasteiger partial charge in [-0.2, -0.15) is 0 Å². The summed E-state index contributed by atoms with van der Waals surface area (Å²) in [5.41, 5.74) is 24.7. The molecule has 0 heterocycles. The first-order valence-corrected chi connectivity index (χ1v) is 10.0. The van der Waals surface area contributed by atoms with Gasteiger partial charge in [-0.05, 0) is 25.2 Å². The van der Waals surface area contributed by atoms with Gasteiger partial charge in [0.05, 0.1) is 6.54 Å². The molecule has 0 saturated carbocycles. The molecule has 0 bridgehead atoms. The van der Waals surface area contributed by atoms with E-state index in [0.717, 1.165) is 0 Å². The number of nitrogens with one attached hydrogen (secondary N) is 1. The highest BCUT2D eigenvalue weighted by molar-refractivity contribution is 5.75. The van der Waals surface area contributed by atoms with Crippen molar-refractivity contribution in [2.24, 2.45) is 34.6 Å². The fourth-order valence-corrected chi connectivity index (χ4v) is 1.34. The summed E-state index contributed by atoms with van der Waals surface area (Å²) >= 11 is 0. The van der Waals surface area contributed by atoms with Gasteiger partial charge >= 0.3 is 35.9 Å². The van der Waals surface area contributed by atoms with E-state index in [-0.39, 0.29) is 25.3 Å². The van der Waals surface area contributed by atoms with Gasteiger partial charge in [-0.1, -0.05) is 13.8 Å². The van der Waals surface area contributed by atoms with Gasteiger partial charge in [-0.25, -0.2) is 4.79 Å². The maximum Gasteiger partial charge on any atom is 0.320 e. The lowest BCUT2D eigenvalue weighted by atomic mass is 10.1. The number of carboxylic acids is 5. The summed E-state index contributed by atoms with van der Waals surface area (Å²) in [4.78, 5) is 59.5. The standard InChI is InChI=1S/C6H13N3O3.C5H9NO4.C5H11NO2.C2H5NO2/c7-4(5(10)11)2-1-3-9-6(8)12;6-3(5(9)10)1-2-4(7)8;1-3(2)4(6)5(7)8;3-1-2(4)5/h4H,1-3,7H2,(H,10,11)(H3,8,9,12);3H,1-2,6H2,(H,7,8)(H,9,10);3-4H,6H2,1-2H3,(H,7,8);1,3H2,(H,4,5). The molecule has 0 aliphatic heterocycles. The molecule has 0 aromatic heterocycles. The summed E-state index contributed by atoms with van der Waals surface area (Å²) in [6.45, 7) is 3.63. The summed E-state index contributed by atoms with van der Waals surface area (Å²) < 4.78 is 0. The van der Waals surface area contributed by atoms with Gasteiger partial charge in [0, 0.05) is 13.0 Å². The first-order chi connectivity index (χ1) is 15.9. The average molecular weight is 515 g/mol. The van der Waals surface area contributed by atoms with E-state index in [1.807, 2.05) is 0 Å². The molecule has 0 aromatic rings. The maximum absolute atomic E-state index is 10.2. The first-order valence-electron chi connectivity index (χ1n) is 10.0. The molecule has 0 fully saturated rings. The molecule has 0 aromatic carbocycles. The Balaban J connectivity index is -0.000000191. The normalized spacial score (nSPS) is 12.0. The topological polar surface area (TPSA) is 346 Å². The minimum Gasteiger partial charge on any atom is -0.481 e. The third-order valence-corrected chi connectivity index (χ3v) is 3.47. The summed E-state index contributed by atoms with van der Waals surface area (Å²) in [6.07, 6.45) is 0.615. The molecule has 0 rings (SSSR count). The smallest absolute Gasteiger partial charge is 0.320 e. The first kappa shape index (κ1) is 38.7. The Hall–Kier alpha value is -3.54. The van der Waals surface area contributed by atoms with Gasteiger partial charge in [-0.15, -0.1) is 0 Å². The van der Waals surface area contributed by atoms with Crippen molar-refractivity contribution < 1.29 is 54.3 Å². The lowest BCUT2D eigenvalue weighted by molar-refractivity contribution is -0.141. The molecule has 0 saturated heterocycles. The van der Waals surface area contributed by atoms with E-state index in [9.17, 15) is 28.8 Å². The van der Waals surface area contributed by atoms with Crippen LogP contribution in [0.4, 0.5) is 4.79 Å². The second-order valence-electron chi connectivity index (χ2n) is 6.96. The average Bonchev–Trinajstić information content (AvgIpc) is 2.74. The fourth-order valence-electron chi connectivity index (χ4n) is 1.34. The van der Waals surface area contributed by atoms with Crippen molar-refractivity contribution in [2.45, 2.75) is 57.7 Å². The van der Waals surface area contributed by atoms with E-state index in [0.29, 0.717) is 19.4 Å². The molecule has 0 aliphatic rings. The van der Waals surface area contributed by atoms with E-state index in [1.165, 1.54) is 0 Å². The number of primary amides is 1. The Labute approximate surface area is 201 Å². The number of hydrogen-bond acceptors (Lipinski definition) is 10. The Morgan fingerprint density at radius 3 is 1.37 bits per heavy atom. The van der Waals surface area contributed by atoms with Gasteiger partial charge in [0.2, 0.25) is 0 Å². The predicted octanol–water partition coefficient (Wildman–Crippen LogP) is -2.81. The molecule has 17 nitrogen and oxygen atoms in total. The monoisotopic (exact) mass is 514 g/mol. The van der Waals surface area contributed by atoms with Gasteiger partial charge in [-0.3, -0.25) is 24.0 Å². The van der Waals surface area contributed by atoms with E-state index in [2.05, 4.69) is 11.1 Å². The van der Waals surface area contributed by atoms with Crippen molar-refractivity contribution in [1.82, 2.24) is 5.32 Å². The number of carbonyl (C=O) groups is 6. The highest BCUT2D eigenvalue weighted by atomic mass is 16.4. The van der Waals surface area contributed by atoms with Crippen LogP contribution in [0.5, 0.6) is 0 Å². The highest BCUT2D eigenvalue weighted by Gasteiger charge is 2.14. The zero-order valence-corrected chi connectivity index (χ0v) is 19.6. The molecule has 3 unspecified atom stereocenters. The van der Waals surface area contributed by atoms with Crippen LogP contribution >= 0.6 is 0 Å². The molecule has 16 N–H and O–H groups in total. The van der Waals surface area contributed by atoms with Crippen molar-refractivity contribution >= 4 is 35.9 Å². The van der Waals surface area contributed by atoms with Crippen LogP contribution in [0.3, 0.4) is 0 Å². The van der Waals surface area contributed by atoms with Crippen molar-refractivity contribution in [3.63, 3.8) is 0 Å². The summed E-state index contributed by atoms with van der Waals surface area (Å²) in [5, 5.41) is 42.8. The second-order valence-corrected chi connectivity index (χ2v) is 6.96. The van der Waals surface area contributed by atoms with E-state index in [4.69, 9.17) is 48.5 Å². The second kappa shape index (κ2) is 23.6. The highest BCUT2D eigenvalue weighted by Crippen LogP contribution is 1.96. The van der Waals surface area contributed by atoms with Crippen LogP contribution in [-0.2, 0) is 24.0 Å². The number of aliphatic carboxylic acids is 5. The van der Waals surface area contributed by atoms with Crippen molar-refractivity contribution in [2.75, 3.05) is 13.1 Å². The number of carboxylic acid groups (broad SMARTS) is 5. The van der Waals surface area contributed by atoms with Gasteiger partial charge in [0.25, 0.3) is 0 Å². The quantitative estimate of drug-likeness (QED) is 0.117. The largest absolute Gasteiger partial charge is 0.481 e. The van der Waals surface area contributed by atoms with Crippen molar-refractivity contribution in [1.29, 1.82) is 0 Å². The zero-order chi connectivity index (χ0) is 28.7. The van der Waals surface area contributed by atoms with Crippen LogP contribution in [-0.4, -0.2) is 92.6 Å². The molecule has 17 heteroatoms. The lowest BCUT2D eigenvalue weighted by Crippen LogP contribution is -2.34. The van der Waals surface area contributed by atoms with Gasteiger partial charge in [0.15, 0.2) is 0 Å². The number of amides is 2. The molecule has 35 heavy (non-hydrogen) atoms. The van der Waals surface area contributed by atoms with Crippen LogP contribution in [0.25, 0.3) is 0 Å². The Kier molecular flexibility index (Phi) is 26.1. The number of urea groups is 1. The third kappa shape index (κ3) is 35.2. The van der Waals surface area contributed by atoms with Crippen LogP contribution in [0.15, 0.2) is 0 Å². The molecule has 0 radical (unpaired) electrons. The van der Waals surface area contributed by atoms with Gasteiger partial charge in [0.1, 0.15) is 18.1 Å². The number of nitrogens with two attached hydrogens (primary N) is 5. The predicted molar refractivity (Wildman–Crippen MR) is 122 cm³/mol.